The fourth-order valence-corrected chi connectivity index (χ4v) is 4.85. The third kappa shape index (κ3) is 13.0. The molecule has 4 N–H and O–H groups in total. The summed E-state index contributed by atoms with van der Waals surface area (Å²) >= 11 is 10.3. The number of aromatic nitrogens is 12. The number of halogens is 7. The summed E-state index contributed by atoms with van der Waals surface area (Å²) < 4.78 is 83.2. The second-order valence-electron chi connectivity index (χ2n) is 11.1. The predicted molar refractivity (Wildman–Crippen MR) is 219 cm³/mol. The van der Waals surface area contributed by atoms with Gasteiger partial charge in [0.25, 0.3) is 0 Å². The van der Waals surface area contributed by atoms with Crippen LogP contribution >= 0.6 is 23.8 Å². The molecule has 0 saturated heterocycles. The van der Waals surface area contributed by atoms with Crippen LogP contribution in [0.5, 0.6) is 0 Å². The van der Waals surface area contributed by atoms with Crippen LogP contribution in [0.3, 0.4) is 0 Å². The number of aromatic amines is 1. The van der Waals surface area contributed by atoms with Crippen LogP contribution in [0.2, 0.25) is 5.02 Å². The number of nitrogens with two attached hydrogens (primary N) is 1. The highest BCUT2D eigenvalue weighted by atomic mass is 35.5. The summed E-state index contributed by atoms with van der Waals surface area (Å²) in [5.41, 5.74) is 6.61. The van der Waals surface area contributed by atoms with Gasteiger partial charge in [0.2, 0.25) is 11.9 Å². The quantitative estimate of drug-likeness (QED) is 0.0511. The van der Waals surface area contributed by atoms with Crippen molar-refractivity contribution in [2.45, 2.75) is 29.7 Å². The summed E-state index contributed by atoms with van der Waals surface area (Å²) in [4.78, 5) is 10.1. The first-order chi connectivity index (χ1) is 26.2. The molecule has 0 amide bonds. The summed E-state index contributed by atoms with van der Waals surface area (Å²) in [5, 5.41) is 18.4. The SMILES string of the molecule is C.C.C.C.Cn1cc(-c2cc(F)c3n[nH]c(=S)n3c2)cn1.Cn1cc(-c2cnc(F)c(F)c2)cn1.Cn1cc(-c2cnc(NN)c(F)c2)cn1.Fc1cc(Cl)cnc1F. The van der Waals surface area contributed by atoms with E-state index in [0.29, 0.717) is 27.0 Å². The number of nitrogen functional groups attached to an aromatic ring is 1. The molecule has 0 aliphatic heterocycles. The van der Waals surface area contributed by atoms with Crippen LogP contribution in [0, 0.1) is 39.9 Å². The van der Waals surface area contributed by atoms with Crippen molar-refractivity contribution in [1.82, 2.24) is 58.9 Å². The molecule has 0 aliphatic rings. The number of hydrazine groups is 1. The molecule has 59 heavy (non-hydrogen) atoms. The third-order valence-electron chi connectivity index (χ3n) is 7.12. The molecular weight excluding hydrogens is 822 g/mol. The van der Waals surface area contributed by atoms with Gasteiger partial charge in [0.15, 0.2) is 39.5 Å². The van der Waals surface area contributed by atoms with E-state index in [1.165, 1.54) is 28.9 Å². The second-order valence-corrected chi connectivity index (χ2v) is 12.0. The van der Waals surface area contributed by atoms with Gasteiger partial charge in [-0.15, -0.1) is 0 Å². The summed E-state index contributed by atoms with van der Waals surface area (Å²) in [5.74, 6) is 0.0108. The zero-order valence-electron chi connectivity index (χ0n) is 28.6. The molecule has 8 aromatic heterocycles. The van der Waals surface area contributed by atoms with Gasteiger partial charge in [0.1, 0.15) is 0 Å². The molecule has 0 unspecified atom stereocenters. The van der Waals surface area contributed by atoms with Crippen molar-refractivity contribution in [3.8, 4) is 33.4 Å². The van der Waals surface area contributed by atoms with E-state index in [-0.39, 0.29) is 46.2 Å². The minimum atomic E-state index is -1.13. The topological polar surface area (TPSA) is 163 Å². The van der Waals surface area contributed by atoms with E-state index >= 15 is 0 Å². The van der Waals surface area contributed by atoms with Crippen molar-refractivity contribution in [1.29, 1.82) is 0 Å². The Labute approximate surface area is 346 Å². The lowest BCUT2D eigenvalue weighted by molar-refractivity contribution is 0.479. The van der Waals surface area contributed by atoms with Crippen molar-refractivity contribution in [3.05, 3.63) is 131 Å². The van der Waals surface area contributed by atoms with E-state index in [1.807, 2.05) is 13.2 Å². The molecule has 0 saturated carbocycles. The molecule has 0 spiro atoms. The lowest BCUT2D eigenvalue weighted by atomic mass is 10.1. The molecule has 0 bridgehead atoms. The average molecular weight is 865 g/mol. The Hall–Kier alpha value is -6.45. The first-order valence-corrected chi connectivity index (χ1v) is 16.1. The molecule has 0 atom stereocenters. The van der Waals surface area contributed by atoms with E-state index in [9.17, 15) is 26.3 Å². The van der Waals surface area contributed by atoms with Crippen LogP contribution in [0.1, 0.15) is 29.7 Å². The Morgan fingerprint density at radius 3 is 1.44 bits per heavy atom. The minimum absolute atomic E-state index is 0. The number of fused-ring (bicyclic) bond motifs is 1. The Balaban J connectivity index is 0.000000392. The fraction of sp³-hybridized carbons (Fsp3) is 0.189. The molecule has 316 valence electrons. The van der Waals surface area contributed by atoms with Gasteiger partial charge in [-0.2, -0.15) is 29.2 Å². The number of nitrogens with one attached hydrogen (secondary N) is 2. The summed E-state index contributed by atoms with van der Waals surface area (Å²) in [6.07, 6.45) is 15.8. The molecule has 22 heteroatoms. The highest BCUT2D eigenvalue weighted by Gasteiger charge is 2.10. The van der Waals surface area contributed by atoms with Crippen LogP contribution < -0.4 is 11.3 Å². The first-order valence-electron chi connectivity index (χ1n) is 15.4. The number of nitrogens with zero attached hydrogens (tertiary/aromatic N) is 11. The maximum Gasteiger partial charge on any atom is 0.248 e. The number of hydrogen-bond donors (Lipinski definition) is 3. The van der Waals surface area contributed by atoms with Gasteiger partial charge < -0.3 is 5.43 Å². The van der Waals surface area contributed by atoms with Gasteiger partial charge in [-0.3, -0.25) is 23.5 Å². The molecule has 0 aromatic carbocycles. The molecule has 0 fully saturated rings. The molecule has 0 aliphatic carbocycles. The van der Waals surface area contributed by atoms with Gasteiger partial charge in [-0.25, -0.2) is 38.4 Å². The first kappa shape index (κ1) is 50.6. The predicted octanol–water partition coefficient (Wildman–Crippen LogP) is 9.16. The van der Waals surface area contributed by atoms with Crippen LogP contribution in [0.25, 0.3) is 39.0 Å². The van der Waals surface area contributed by atoms with Crippen LogP contribution in [-0.2, 0) is 21.1 Å². The van der Waals surface area contributed by atoms with Gasteiger partial charge >= 0.3 is 0 Å². The highest BCUT2D eigenvalue weighted by Crippen LogP contribution is 2.23. The van der Waals surface area contributed by atoms with Crippen LogP contribution in [-0.4, -0.2) is 58.9 Å². The average Bonchev–Trinajstić information content (AvgIpc) is 3.98. The van der Waals surface area contributed by atoms with Crippen molar-refractivity contribution in [2.75, 3.05) is 5.43 Å². The fourth-order valence-electron chi connectivity index (χ4n) is 4.52. The van der Waals surface area contributed by atoms with Gasteiger partial charge in [0, 0.05) is 97.9 Å². The maximum absolute atomic E-state index is 13.8. The third-order valence-corrected chi connectivity index (χ3v) is 7.61. The Morgan fingerprint density at radius 1 is 0.576 bits per heavy atom. The molecule has 8 rings (SSSR count). The van der Waals surface area contributed by atoms with E-state index in [4.69, 9.17) is 29.7 Å². The monoisotopic (exact) mass is 864 g/mol. The molecule has 14 nitrogen and oxygen atoms in total. The molecule has 8 heterocycles. The van der Waals surface area contributed by atoms with E-state index in [2.05, 4.69) is 45.9 Å². The maximum atomic E-state index is 13.8. The second kappa shape index (κ2) is 22.5. The van der Waals surface area contributed by atoms with Crippen molar-refractivity contribution >= 4 is 35.3 Å². The van der Waals surface area contributed by atoms with Crippen molar-refractivity contribution in [3.63, 3.8) is 0 Å². The standard InChI is InChI=1S/C10H8FN5S.C9H7F2N3.C9H10FN5.C5H2ClF2N.4CH4/c1-15-4-7(3-12-15)6-2-8(11)9-13-14-10(17)16(9)5-6;1-14-5-7(4-13-14)6-2-8(10)9(11)12-3-6;1-15-5-7(4-13-15)6-2-8(10)9(14-11)12-3-6;6-3-1-4(7)5(8)9-2-3;;;;/h2-5H,1H3,(H,14,17);2-5H,1H3;2-5H,11H2,1H3,(H,12,14);1-2H;4*1H4. The van der Waals surface area contributed by atoms with Crippen molar-refractivity contribution in [2.24, 2.45) is 27.0 Å². The molecular formula is C37H43ClF6N14S. The largest absolute Gasteiger partial charge is 0.306 e. The lowest BCUT2D eigenvalue weighted by Crippen LogP contribution is -2.10. The molecule has 0 radical (unpaired) electrons. The summed E-state index contributed by atoms with van der Waals surface area (Å²) in [6, 6.07) is 4.74. The number of rotatable bonds is 4. The van der Waals surface area contributed by atoms with Crippen LogP contribution in [0.4, 0.5) is 32.2 Å². The van der Waals surface area contributed by atoms with Gasteiger partial charge in [0.05, 0.1) is 23.6 Å². The summed E-state index contributed by atoms with van der Waals surface area (Å²) in [7, 11) is 5.35. The Morgan fingerprint density at radius 2 is 1.02 bits per heavy atom. The number of H-pyrrole nitrogens is 1. The number of hydrogen-bond acceptors (Lipinski definition) is 10. The summed E-state index contributed by atoms with van der Waals surface area (Å²) in [6.45, 7) is 0. The van der Waals surface area contributed by atoms with E-state index < -0.39 is 35.2 Å². The number of pyridine rings is 4. The van der Waals surface area contributed by atoms with E-state index in [1.54, 1.807) is 65.3 Å². The Kier molecular flexibility index (Phi) is 19.3. The number of anilines is 1. The lowest BCUT2D eigenvalue weighted by Gasteiger charge is -2.02. The Bertz CT molecular complexity index is 2620. The van der Waals surface area contributed by atoms with Gasteiger partial charge in [-0.1, -0.05) is 41.3 Å². The van der Waals surface area contributed by atoms with E-state index in [0.717, 1.165) is 29.5 Å². The van der Waals surface area contributed by atoms with Crippen molar-refractivity contribution < 1.29 is 26.3 Å². The zero-order valence-corrected chi connectivity index (χ0v) is 30.2. The number of aryl methyl sites for hydroxylation is 3. The van der Waals surface area contributed by atoms with Gasteiger partial charge in [-0.05, 0) is 36.5 Å². The molecule has 8 aromatic rings. The smallest absolute Gasteiger partial charge is 0.248 e. The van der Waals surface area contributed by atoms with Crippen LogP contribution in [0.15, 0.2) is 86.2 Å². The minimum Gasteiger partial charge on any atom is -0.306 e. The zero-order chi connectivity index (χ0) is 39.8. The normalized spacial score (nSPS) is 9.81. The highest BCUT2D eigenvalue weighted by molar-refractivity contribution is 7.71.